The first-order valence-electron chi connectivity index (χ1n) is 10.1. The Bertz CT molecular complexity index is 566. The maximum Gasteiger partial charge on any atom is 0.0785 e. The Kier molecular flexibility index (Phi) is 3.48. The lowest BCUT2D eigenvalue weighted by molar-refractivity contribution is -0.231. The lowest BCUT2D eigenvalue weighted by Gasteiger charge is -2.69. The van der Waals surface area contributed by atoms with Gasteiger partial charge in [0.2, 0.25) is 0 Å². The highest BCUT2D eigenvalue weighted by molar-refractivity contribution is 5.24. The predicted molar refractivity (Wildman–Crippen MR) is 97.4 cm³/mol. The number of hydrogen-bond acceptors (Lipinski definition) is 2. The second-order valence-corrected chi connectivity index (χ2v) is 10.7. The maximum atomic E-state index is 10.9. The van der Waals surface area contributed by atoms with Gasteiger partial charge in [0.15, 0.2) is 0 Å². The molecule has 0 amide bonds. The van der Waals surface area contributed by atoms with Crippen molar-refractivity contribution < 1.29 is 10.2 Å². The summed E-state index contributed by atoms with van der Waals surface area (Å²) in [5.41, 5.74) is 0.497. The molecule has 0 aromatic carbocycles. The average molecular weight is 333 g/mol. The first-order valence-corrected chi connectivity index (χ1v) is 10.1. The highest BCUT2D eigenvalue weighted by Crippen LogP contribution is 2.73. The minimum Gasteiger partial charge on any atom is -0.393 e. The topological polar surface area (TPSA) is 40.5 Å². The summed E-state index contributed by atoms with van der Waals surface area (Å²) in [4.78, 5) is 0. The molecule has 0 aromatic rings. The molecule has 8 atom stereocenters. The van der Waals surface area contributed by atoms with Gasteiger partial charge < -0.3 is 10.2 Å². The Labute approximate surface area is 147 Å². The van der Waals surface area contributed by atoms with Crippen LogP contribution in [0.15, 0.2) is 12.2 Å². The van der Waals surface area contributed by atoms with Gasteiger partial charge in [0.25, 0.3) is 0 Å². The Morgan fingerprint density at radius 2 is 1.50 bits per heavy atom. The van der Waals surface area contributed by atoms with Crippen molar-refractivity contribution >= 4 is 0 Å². The summed E-state index contributed by atoms with van der Waals surface area (Å²) in [5, 5.41) is 21.5. The number of rotatable bonds is 0. The highest BCUT2D eigenvalue weighted by Gasteiger charge is 2.68. The van der Waals surface area contributed by atoms with Gasteiger partial charge in [-0.2, -0.15) is 0 Å². The third kappa shape index (κ3) is 1.75. The van der Waals surface area contributed by atoms with Gasteiger partial charge in [-0.3, -0.25) is 0 Å². The zero-order valence-corrected chi connectivity index (χ0v) is 16.2. The molecule has 24 heavy (non-hydrogen) atoms. The third-order valence-corrected chi connectivity index (χ3v) is 9.93. The van der Waals surface area contributed by atoms with E-state index in [9.17, 15) is 10.2 Å². The van der Waals surface area contributed by atoms with E-state index in [1.165, 1.54) is 25.7 Å². The van der Waals surface area contributed by atoms with Crippen molar-refractivity contribution in [2.75, 3.05) is 0 Å². The molecular weight excluding hydrogens is 296 g/mol. The molecule has 0 saturated heterocycles. The van der Waals surface area contributed by atoms with Crippen LogP contribution in [0.1, 0.15) is 73.1 Å². The summed E-state index contributed by atoms with van der Waals surface area (Å²) in [5.74, 6) is 1.79. The van der Waals surface area contributed by atoms with Crippen molar-refractivity contribution in [1.82, 2.24) is 0 Å². The molecule has 2 nitrogen and oxygen atoms in total. The van der Waals surface area contributed by atoms with Crippen LogP contribution in [0.25, 0.3) is 0 Å². The van der Waals surface area contributed by atoms with Crippen LogP contribution in [-0.2, 0) is 0 Å². The molecule has 4 aliphatic carbocycles. The summed E-state index contributed by atoms with van der Waals surface area (Å²) in [6.45, 7) is 12.0. The molecule has 0 bridgehead atoms. The van der Waals surface area contributed by atoms with Crippen molar-refractivity contribution in [1.29, 1.82) is 0 Å². The Hall–Kier alpha value is -0.340. The van der Waals surface area contributed by atoms with Crippen LogP contribution in [0.4, 0.5) is 0 Å². The second kappa shape index (κ2) is 4.88. The number of aliphatic hydroxyl groups excluding tert-OH is 2. The smallest absolute Gasteiger partial charge is 0.0785 e. The van der Waals surface area contributed by atoms with Crippen LogP contribution in [0.2, 0.25) is 0 Å². The molecule has 3 saturated carbocycles. The zero-order valence-electron chi connectivity index (χ0n) is 16.2. The molecule has 3 fully saturated rings. The molecule has 0 aliphatic heterocycles. The van der Waals surface area contributed by atoms with Crippen LogP contribution >= 0.6 is 0 Å². The number of aliphatic hydroxyl groups is 2. The highest BCUT2D eigenvalue weighted by atomic mass is 16.3. The van der Waals surface area contributed by atoms with Crippen LogP contribution in [0.5, 0.6) is 0 Å². The van der Waals surface area contributed by atoms with Crippen molar-refractivity contribution in [3.8, 4) is 0 Å². The van der Waals surface area contributed by atoms with E-state index in [4.69, 9.17) is 0 Å². The first-order chi connectivity index (χ1) is 11.1. The Balaban J connectivity index is 1.78. The van der Waals surface area contributed by atoms with E-state index in [0.29, 0.717) is 23.2 Å². The minimum atomic E-state index is -0.294. The molecule has 4 aliphatic rings. The minimum absolute atomic E-state index is 0.00982. The largest absolute Gasteiger partial charge is 0.393 e. The molecule has 0 aromatic heterocycles. The Morgan fingerprint density at radius 3 is 2.21 bits per heavy atom. The van der Waals surface area contributed by atoms with Gasteiger partial charge in [0.1, 0.15) is 0 Å². The van der Waals surface area contributed by atoms with Gasteiger partial charge >= 0.3 is 0 Å². The van der Waals surface area contributed by atoms with Gasteiger partial charge in [0, 0.05) is 5.41 Å². The summed E-state index contributed by atoms with van der Waals surface area (Å²) >= 11 is 0. The summed E-state index contributed by atoms with van der Waals surface area (Å²) in [7, 11) is 0. The van der Waals surface area contributed by atoms with E-state index in [0.717, 1.165) is 12.8 Å². The summed E-state index contributed by atoms with van der Waals surface area (Å²) in [6.07, 6.45) is 10.9. The molecule has 2 heteroatoms. The van der Waals surface area contributed by atoms with E-state index in [1.807, 2.05) is 0 Å². The number of hydrogen-bond donors (Lipinski definition) is 2. The average Bonchev–Trinajstić information content (AvgIpc) is 2.81. The quantitative estimate of drug-likeness (QED) is 0.639. The van der Waals surface area contributed by atoms with Crippen LogP contribution in [0, 0.1) is 39.4 Å². The zero-order chi connectivity index (χ0) is 17.5. The molecule has 136 valence electrons. The second-order valence-electron chi connectivity index (χ2n) is 10.7. The molecule has 4 rings (SSSR count). The lowest BCUT2D eigenvalue weighted by Crippen LogP contribution is -2.65. The summed E-state index contributed by atoms with van der Waals surface area (Å²) < 4.78 is 0. The molecule has 1 unspecified atom stereocenters. The van der Waals surface area contributed by atoms with Gasteiger partial charge in [-0.05, 0) is 72.5 Å². The standard InChI is InChI=1S/C22H36O2/c1-19(2)15-10-13-21(4)16(20(15,3)12-11-17(19)23)8-6-14-7-9-18(24)22(14,21)5/h7,9,14-18,23-24H,6,8,10-13H2,1-5H3/t14-,15?,16-,17+,18+,20+,21-,22+/m1/s1. The molecule has 0 heterocycles. The number of allylic oxidation sites excluding steroid dienone is 1. The van der Waals surface area contributed by atoms with Crippen LogP contribution < -0.4 is 0 Å². The number of fused-ring (bicyclic) bond motifs is 5. The van der Waals surface area contributed by atoms with Crippen LogP contribution in [-0.4, -0.2) is 22.4 Å². The molecule has 2 N–H and O–H groups in total. The SMILES string of the molecule is CC1(C)C2CC[C@]3(C)[C@H](CC[C@@H]4C=C[C@H](O)[C@]43C)[C@@]2(C)CC[C@@H]1O. The lowest BCUT2D eigenvalue weighted by atomic mass is 9.35. The predicted octanol–water partition coefficient (Wildman–Crippen LogP) is 4.55. The van der Waals surface area contributed by atoms with Crippen molar-refractivity contribution in [2.45, 2.75) is 85.4 Å². The van der Waals surface area contributed by atoms with E-state index < -0.39 is 0 Å². The molecular formula is C22H36O2. The monoisotopic (exact) mass is 332 g/mol. The van der Waals surface area contributed by atoms with Gasteiger partial charge in [0.05, 0.1) is 12.2 Å². The van der Waals surface area contributed by atoms with E-state index in [2.05, 4.69) is 46.8 Å². The molecule has 0 radical (unpaired) electrons. The van der Waals surface area contributed by atoms with Gasteiger partial charge in [-0.1, -0.05) is 46.8 Å². The van der Waals surface area contributed by atoms with Crippen molar-refractivity contribution in [3.63, 3.8) is 0 Å². The van der Waals surface area contributed by atoms with Gasteiger partial charge in [-0.25, -0.2) is 0 Å². The molecule has 0 spiro atoms. The maximum absolute atomic E-state index is 10.9. The Morgan fingerprint density at radius 1 is 0.792 bits per heavy atom. The normalized spacial score (nSPS) is 58.7. The fourth-order valence-corrected chi connectivity index (χ4v) is 8.20. The van der Waals surface area contributed by atoms with E-state index >= 15 is 0 Å². The van der Waals surface area contributed by atoms with Gasteiger partial charge in [-0.15, -0.1) is 0 Å². The fraction of sp³-hybridized carbons (Fsp3) is 0.909. The first kappa shape index (κ1) is 17.1. The van der Waals surface area contributed by atoms with E-state index in [-0.39, 0.29) is 28.5 Å². The third-order valence-electron chi connectivity index (χ3n) is 9.93. The van der Waals surface area contributed by atoms with E-state index in [1.54, 1.807) is 0 Å². The van der Waals surface area contributed by atoms with Crippen molar-refractivity contribution in [2.24, 2.45) is 39.4 Å². The summed E-state index contributed by atoms with van der Waals surface area (Å²) in [6, 6.07) is 0. The van der Waals surface area contributed by atoms with Crippen LogP contribution in [0.3, 0.4) is 0 Å². The van der Waals surface area contributed by atoms with Crippen molar-refractivity contribution in [3.05, 3.63) is 12.2 Å². The fourth-order valence-electron chi connectivity index (χ4n) is 8.20.